The fourth-order valence-corrected chi connectivity index (χ4v) is 3.97. The maximum Gasteiger partial charge on any atom is 0.187 e. The quantitative estimate of drug-likeness (QED) is 0.298. The van der Waals surface area contributed by atoms with Gasteiger partial charge in [0.2, 0.25) is 0 Å². The summed E-state index contributed by atoms with van der Waals surface area (Å²) in [5.74, 6) is 1.04. The third-order valence-electron chi connectivity index (χ3n) is 4.19. The summed E-state index contributed by atoms with van der Waals surface area (Å²) in [6.45, 7) is 6.21. The van der Waals surface area contributed by atoms with Crippen molar-refractivity contribution in [3.05, 3.63) is 23.8 Å². The smallest absolute Gasteiger partial charge is 0.187 e. The molecular weight excluding hydrogens is 323 g/mol. The molecule has 0 heterocycles. The first-order chi connectivity index (χ1) is 11.5. The minimum atomic E-state index is -0.925. The molecule has 0 bridgehead atoms. The van der Waals surface area contributed by atoms with Crippen molar-refractivity contribution in [1.29, 1.82) is 0 Å². The zero-order valence-corrected chi connectivity index (χ0v) is 16.3. The predicted octanol–water partition coefficient (Wildman–Crippen LogP) is 5.54. The van der Waals surface area contributed by atoms with Crippen LogP contribution >= 0.6 is 8.46 Å². The van der Waals surface area contributed by atoms with Crippen LogP contribution in [0.5, 0.6) is 11.5 Å². The Balaban J connectivity index is 3.36. The molecule has 1 aromatic carbocycles. The number of carbonyl (C=O) groups is 1. The average molecular weight is 352 g/mol. The van der Waals surface area contributed by atoms with E-state index in [1.165, 1.54) is 14.2 Å². The van der Waals surface area contributed by atoms with Crippen LogP contribution in [0.25, 0.3) is 0 Å². The number of unbranched alkanes of at least 4 members (excludes halogenated alkanes) is 2. The molecule has 1 unspecified atom stereocenters. The number of Topliss-reactive ketones (excluding diaryl/α,β-unsaturated/α-hetero) is 1. The van der Waals surface area contributed by atoms with E-state index in [1.807, 2.05) is 13.8 Å². The number of rotatable bonds is 11. The molecule has 0 aliphatic carbocycles. The summed E-state index contributed by atoms with van der Waals surface area (Å²) in [6.07, 6.45) is 4.12. The van der Waals surface area contributed by atoms with Crippen molar-refractivity contribution in [3.63, 3.8) is 0 Å². The van der Waals surface area contributed by atoms with E-state index in [2.05, 4.69) is 6.92 Å². The summed E-state index contributed by atoms with van der Waals surface area (Å²) in [5.41, 5.74) is 0.392. The number of ketones is 1. The number of ether oxygens (including phenoxy) is 2. The van der Waals surface area contributed by atoms with Gasteiger partial charge in [-0.15, -0.1) is 0 Å². The standard InChI is InChI=1S/C19H29O4P/c1-6-7-8-12-19(24-21,13-14(2)3)18(20)17-15(22-4)10-9-11-16(17)23-5/h9-11,14H,6-8,12-13H2,1-5H3. The van der Waals surface area contributed by atoms with Crippen molar-refractivity contribution in [3.8, 4) is 11.5 Å². The van der Waals surface area contributed by atoms with Crippen LogP contribution < -0.4 is 9.47 Å². The van der Waals surface area contributed by atoms with Crippen LogP contribution in [0.3, 0.4) is 0 Å². The Labute approximate surface area is 147 Å². The Bertz CT molecular complexity index is 534. The van der Waals surface area contributed by atoms with Crippen LogP contribution in [-0.2, 0) is 4.57 Å². The van der Waals surface area contributed by atoms with Gasteiger partial charge >= 0.3 is 0 Å². The third kappa shape index (κ3) is 4.80. The molecule has 4 nitrogen and oxygen atoms in total. The molecule has 0 aliphatic heterocycles. The Kier molecular flexibility index (Phi) is 8.41. The molecule has 0 saturated heterocycles. The van der Waals surface area contributed by atoms with E-state index in [9.17, 15) is 9.36 Å². The van der Waals surface area contributed by atoms with Crippen molar-refractivity contribution in [2.24, 2.45) is 5.92 Å². The van der Waals surface area contributed by atoms with Gasteiger partial charge < -0.3 is 9.47 Å². The molecule has 1 aromatic rings. The van der Waals surface area contributed by atoms with E-state index in [0.29, 0.717) is 29.9 Å². The minimum Gasteiger partial charge on any atom is -0.496 e. The van der Waals surface area contributed by atoms with Crippen molar-refractivity contribution >= 4 is 14.2 Å². The second-order valence-electron chi connectivity index (χ2n) is 6.54. The number of hydrogen-bond acceptors (Lipinski definition) is 4. The summed E-state index contributed by atoms with van der Waals surface area (Å²) < 4.78 is 22.9. The topological polar surface area (TPSA) is 52.6 Å². The summed E-state index contributed by atoms with van der Waals surface area (Å²) in [5, 5.41) is -0.925. The first kappa shape index (κ1) is 20.6. The molecule has 0 spiro atoms. The highest BCUT2D eigenvalue weighted by Crippen LogP contribution is 2.43. The largest absolute Gasteiger partial charge is 0.496 e. The summed E-state index contributed by atoms with van der Waals surface area (Å²) in [7, 11) is 2.93. The molecule has 0 aliphatic rings. The molecule has 0 N–H and O–H groups in total. The van der Waals surface area contributed by atoms with Gasteiger partial charge in [0.05, 0.1) is 14.2 Å². The minimum absolute atomic E-state index is 0.130. The predicted molar refractivity (Wildman–Crippen MR) is 97.8 cm³/mol. The van der Waals surface area contributed by atoms with E-state index in [0.717, 1.165) is 19.3 Å². The van der Waals surface area contributed by atoms with Crippen LogP contribution in [-0.4, -0.2) is 25.2 Å². The Morgan fingerprint density at radius 1 is 1.17 bits per heavy atom. The SMILES string of the molecule is CCCCCC(CC(C)C)(P=O)C(=O)c1c(OC)cccc1OC. The van der Waals surface area contributed by atoms with Gasteiger partial charge in [-0.05, 0) is 30.9 Å². The molecule has 0 amide bonds. The maximum atomic E-state index is 13.4. The molecule has 0 fully saturated rings. The number of methoxy groups -OCH3 is 2. The van der Waals surface area contributed by atoms with E-state index >= 15 is 0 Å². The highest BCUT2D eigenvalue weighted by atomic mass is 31.1. The third-order valence-corrected chi connectivity index (χ3v) is 5.15. The van der Waals surface area contributed by atoms with E-state index < -0.39 is 5.16 Å². The molecular formula is C19H29O4P. The molecule has 0 radical (unpaired) electrons. The highest BCUT2D eigenvalue weighted by molar-refractivity contribution is 7.28. The van der Waals surface area contributed by atoms with E-state index in [1.54, 1.807) is 18.2 Å². The number of benzene rings is 1. The zero-order chi connectivity index (χ0) is 18.2. The van der Waals surface area contributed by atoms with Gasteiger partial charge in [-0.25, -0.2) is 0 Å². The van der Waals surface area contributed by atoms with Crippen molar-refractivity contribution in [1.82, 2.24) is 0 Å². The Morgan fingerprint density at radius 3 is 2.17 bits per heavy atom. The molecule has 1 rings (SSSR count). The lowest BCUT2D eigenvalue weighted by molar-refractivity contribution is 0.0911. The van der Waals surface area contributed by atoms with Crippen molar-refractivity contribution < 1.29 is 18.8 Å². The number of carbonyl (C=O) groups excluding carboxylic acids is 1. The van der Waals surface area contributed by atoms with Crippen molar-refractivity contribution in [2.45, 2.75) is 58.0 Å². The van der Waals surface area contributed by atoms with Crippen LogP contribution in [0, 0.1) is 5.92 Å². The van der Waals surface area contributed by atoms with Crippen LogP contribution in [0.15, 0.2) is 18.2 Å². The second-order valence-corrected chi connectivity index (χ2v) is 7.58. The van der Waals surface area contributed by atoms with Crippen LogP contribution in [0.2, 0.25) is 0 Å². The van der Waals surface area contributed by atoms with Gasteiger partial charge in [0.1, 0.15) is 22.2 Å². The fraction of sp³-hybridized carbons (Fsp3) is 0.632. The Morgan fingerprint density at radius 2 is 1.75 bits per heavy atom. The summed E-state index contributed by atoms with van der Waals surface area (Å²) >= 11 is 0. The lowest BCUT2D eigenvalue weighted by Crippen LogP contribution is -2.35. The first-order valence-corrected chi connectivity index (χ1v) is 9.37. The lowest BCUT2D eigenvalue weighted by atomic mass is 9.84. The highest BCUT2D eigenvalue weighted by Gasteiger charge is 2.42. The van der Waals surface area contributed by atoms with Gasteiger partial charge in [0.25, 0.3) is 0 Å². The van der Waals surface area contributed by atoms with Gasteiger partial charge in [-0.3, -0.25) is 9.36 Å². The van der Waals surface area contributed by atoms with E-state index in [-0.39, 0.29) is 20.2 Å². The lowest BCUT2D eigenvalue weighted by Gasteiger charge is -2.28. The summed E-state index contributed by atoms with van der Waals surface area (Å²) in [6, 6.07) is 5.26. The first-order valence-electron chi connectivity index (χ1n) is 8.56. The summed E-state index contributed by atoms with van der Waals surface area (Å²) in [4.78, 5) is 13.4. The van der Waals surface area contributed by atoms with Crippen molar-refractivity contribution in [2.75, 3.05) is 14.2 Å². The van der Waals surface area contributed by atoms with Gasteiger partial charge in [0.15, 0.2) is 14.2 Å². The van der Waals surface area contributed by atoms with Crippen LogP contribution in [0.1, 0.15) is 63.2 Å². The molecule has 24 heavy (non-hydrogen) atoms. The van der Waals surface area contributed by atoms with E-state index in [4.69, 9.17) is 9.47 Å². The molecule has 0 saturated carbocycles. The number of hydrogen-bond donors (Lipinski definition) is 0. The van der Waals surface area contributed by atoms with Crippen LogP contribution in [0.4, 0.5) is 0 Å². The maximum absolute atomic E-state index is 13.4. The Hall–Kier alpha value is -1.41. The molecule has 5 heteroatoms. The normalized spacial score (nSPS) is 13.8. The van der Waals surface area contributed by atoms with Gasteiger partial charge in [0, 0.05) is 0 Å². The fourth-order valence-electron chi connectivity index (χ4n) is 3.08. The van der Waals surface area contributed by atoms with Gasteiger partial charge in [-0.2, -0.15) is 0 Å². The average Bonchev–Trinajstić information content (AvgIpc) is 2.59. The molecule has 1 atom stereocenters. The van der Waals surface area contributed by atoms with Gasteiger partial charge in [-0.1, -0.05) is 46.1 Å². The molecule has 134 valence electrons. The monoisotopic (exact) mass is 352 g/mol. The zero-order valence-electron chi connectivity index (χ0n) is 15.4. The second kappa shape index (κ2) is 9.78. The molecule has 0 aromatic heterocycles.